The minimum absolute atomic E-state index is 0.130. The molecule has 4 rings (SSSR count). The van der Waals surface area contributed by atoms with Crippen molar-refractivity contribution in [2.75, 3.05) is 12.3 Å². The minimum Gasteiger partial charge on any atom is -0.453 e. The molecule has 12 heteroatoms. The van der Waals surface area contributed by atoms with Crippen LogP contribution in [0.15, 0.2) is 6.33 Å². The maximum absolute atomic E-state index is 13.4. The van der Waals surface area contributed by atoms with Crippen LogP contribution in [0, 0.1) is 0 Å². The zero-order chi connectivity index (χ0) is 18.7. The van der Waals surface area contributed by atoms with E-state index >= 15 is 0 Å². The molecule has 1 saturated heterocycles. The quantitative estimate of drug-likeness (QED) is 0.778. The summed E-state index contributed by atoms with van der Waals surface area (Å²) < 4.78 is 64.7. The van der Waals surface area contributed by atoms with E-state index in [4.69, 9.17) is 20.3 Å². The third-order valence-electron chi connectivity index (χ3n) is 4.61. The van der Waals surface area contributed by atoms with Gasteiger partial charge in [-0.25, -0.2) is 4.98 Å². The first-order valence-electron chi connectivity index (χ1n) is 7.91. The largest absolute Gasteiger partial charge is 0.453 e. The molecule has 0 bridgehead atoms. The van der Waals surface area contributed by atoms with E-state index in [2.05, 4.69) is 15.0 Å². The van der Waals surface area contributed by atoms with Crippen LogP contribution in [-0.4, -0.2) is 55.3 Å². The molecular weight excluding hydrogens is 362 g/mol. The third kappa shape index (κ3) is 2.47. The van der Waals surface area contributed by atoms with Gasteiger partial charge in [-0.05, 0) is 12.8 Å². The van der Waals surface area contributed by atoms with Gasteiger partial charge in [0, 0.05) is 0 Å². The summed E-state index contributed by atoms with van der Waals surface area (Å²) in [4.78, 5) is 11.8. The average Bonchev–Trinajstić information content (AvgIpc) is 3.20. The predicted octanol–water partition coefficient (Wildman–Crippen LogP) is 1.50. The first-order chi connectivity index (χ1) is 12.2. The lowest BCUT2D eigenvalue weighted by Gasteiger charge is -2.42. The number of ether oxygens (including phenoxy) is 2. The average molecular weight is 377 g/mol. The lowest BCUT2D eigenvalue weighted by Crippen LogP contribution is -2.64. The van der Waals surface area contributed by atoms with Gasteiger partial charge in [-0.15, -0.1) is 0 Å². The summed E-state index contributed by atoms with van der Waals surface area (Å²) in [7, 11) is 0. The van der Waals surface area contributed by atoms with Gasteiger partial charge < -0.3 is 20.3 Å². The first kappa shape index (κ1) is 17.2. The number of nitrogens with zero attached hydrogens (tertiary/aromatic N) is 4. The van der Waals surface area contributed by atoms with Crippen molar-refractivity contribution >= 4 is 17.0 Å². The second-order valence-electron chi connectivity index (χ2n) is 6.33. The molecule has 3 N–H and O–H groups in total. The molecule has 3 heterocycles. The molecule has 1 aliphatic heterocycles. The highest BCUT2D eigenvalue weighted by atomic mass is 19.3. The molecule has 26 heavy (non-hydrogen) atoms. The summed E-state index contributed by atoms with van der Waals surface area (Å²) in [6, 6.07) is -0.534. The Morgan fingerprint density at radius 2 is 2.08 bits per heavy atom. The summed E-state index contributed by atoms with van der Waals surface area (Å²) in [5.74, 6) is -8.55. The lowest BCUT2D eigenvalue weighted by atomic mass is 9.85. The van der Waals surface area contributed by atoms with Crippen molar-refractivity contribution in [3.8, 4) is 6.01 Å². The van der Waals surface area contributed by atoms with Crippen molar-refractivity contribution in [2.45, 2.75) is 49.5 Å². The van der Waals surface area contributed by atoms with Crippen LogP contribution in [0.1, 0.15) is 25.5 Å². The van der Waals surface area contributed by atoms with Crippen molar-refractivity contribution in [1.29, 1.82) is 0 Å². The van der Waals surface area contributed by atoms with Crippen molar-refractivity contribution < 1.29 is 32.1 Å². The van der Waals surface area contributed by atoms with Gasteiger partial charge in [0.15, 0.2) is 23.1 Å². The Kier molecular flexibility index (Phi) is 3.74. The molecule has 2 fully saturated rings. The molecule has 1 unspecified atom stereocenters. The van der Waals surface area contributed by atoms with E-state index in [1.165, 1.54) is 10.9 Å². The van der Waals surface area contributed by atoms with Gasteiger partial charge in [0.25, 0.3) is 0 Å². The van der Waals surface area contributed by atoms with Gasteiger partial charge in [-0.1, -0.05) is 0 Å². The Labute approximate surface area is 143 Å². The number of aliphatic hydroxyl groups is 1. The highest BCUT2D eigenvalue weighted by Crippen LogP contribution is 2.52. The molecule has 0 amide bonds. The van der Waals surface area contributed by atoms with Crippen LogP contribution >= 0.6 is 0 Å². The molecule has 8 nitrogen and oxygen atoms in total. The summed E-state index contributed by atoms with van der Waals surface area (Å²) >= 11 is 0. The normalized spacial score (nSPS) is 29.7. The van der Waals surface area contributed by atoms with Gasteiger partial charge in [-0.2, -0.15) is 27.5 Å². The number of imidazole rings is 1. The van der Waals surface area contributed by atoms with Crippen LogP contribution in [0.3, 0.4) is 0 Å². The number of anilines is 1. The van der Waals surface area contributed by atoms with E-state index in [0.29, 0.717) is 12.8 Å². The van der Waals surface area contributed by atoms with Gasteiger partial charge in [0.1, 0.15) is 6.23 Å². The first-order valence-corrected chi connectivity index (χ1v) is 7.91. The molecular formula is C14H15F4N5O3. The van der Waals surface area contributed by atoms with E-state index in [9.17, 15) is 17.6 Å². The van der Waals surface area contributed by atoms with Crippen molar-refractivity contribution in [3.05, 3.63) is 6.33 Å². The van der Waals surface area contributed by atoms with Crippen LogP contribution in [-0.2, 0) is 4.74 Å². The van der Waals surface area contributed by atoms with Crippen LogP contribution < -0.4 is 10.5 Å². The molecule has 142 valence electrons. The Balaban J connectivity index is 1.63. The number of alkyl halides is 4. The summed E-state index contributed by atoms with van der Waals surface area (Å²) in [5, 5.41) is 9.16. The monoisotopic (exact) mass is 377 g/mol. The summed E-state index contributed by atoms with van der Waals surface area (Å²) in [6.45, 7) is -0.139. The fourth-order valence-electron chi connectivity index (χ4n) is 3.05. The Bertz CT molecular complexity index is 845. The van der Waals surface area contributed by atoms with E-state index in [1.54, 1.807) is 0 Å². The summed E-state index contributed by atoms with van der Waals surface area (Å²) in [6.07, 6.45) is -1.39. The van der Waals surface area contributed by atoms with E-state index in [-0.39, 0.29) is 29.7 Å². The van der Waals surface area contributed by atoms with Crippen molar-refractivity contribution in [2.24, 2.45) is 0 Å². The molecule has 3 atom stereocenters. The second-order valence-corrected chi connectivity index (χ2v) is 6.33. The zero-order valence-electron chi connectivity index (χ0n) is 13.3. The molecule has 1 aliphatic carbocycles. The maximum Gasteiger partial charge on any atom is 0.346 e. The summed E-state index contributed by atoms with van der Waals surface area (Å²) in [5.41, 5.74) is 6.13. The van der Waals surface area contributed by atoms with Crippen LogP contribution in [0.4, 0.5) is 23.4 Å². The van der Waals surface area contributed by atoms with E-state index in [0.717, 1.165) is 0 Å². The second kappa shape index (κ2) is 5.64. The smallest absolute Gasteiger partial charge is 0.346 e. The number of nitrogens with two attached hydrogens (primary N) is 1. The molecule has 2 aromatic rings. The number of aliphatic hydroxyl groups excluding tert-OH is 1. The molecule has 2 aliphatic rings. The molecule has 2 aromatic heterocycles. The Hall–Kier alpha value is -2.21. The van der Waals surface area contributed by atoms with E-state index in [1.807, 2.05) is 0 Å². The van der Waals surface area contributed by atoms with Gasteiger partial charge >= 0.3 is 17.9 Å². The van der Waals surface area contributed by atoms with Gasteiger partial charge in [0.2, 0.25) is 0 Å². The number of hydrogen-bond acceptors (Lipinski definition) is 7. The topological polar surface area (TPSA) is 108 Å². The highest BCUT2D eigenvalue weighted by Gasteiger charge is 2.73. The molecule has 0 radical (unpaired) electrons. The molecule has 1 saturated carbocycles. The fraction of sp³-hybridized carbons (Fsp3) is 0.643. The van der Waals surface area contributed by atoms with Crippen LogP contribution in [0.25, 0.3) is 11.2 Å². The standard InChI is InChI=1S/C14H15F4N5O3/c15-13(16)3-7(14(13,17)18)26-12-21-10(19)9-11(22-12)23(5-20-9)8-2-1-6(4-24)25-8/h5-8,24H,1-4H2,(H2,19,21,22)/t6-,7?,8+/m0/s1. The SMILES string of the molecule is Nc1nc(OC2CC(F)(F)C2(F)F)nc2c1ncn2[C@H]1CC[C@@H](CO)O1. The number of hydrogen-bond donors (Lipinski definition) is 2. The fourth-order valence-corrected chi connectivity index (χ4v) is 3.05. The predicted molar refractivity (Wildman–Crippen MR) is 78.9 cm³/mol. The van der Waals surface area contributed by atoms with Crippen molar-refractivity contribution in [3.63, 3.8) is 0 Å². The lowest BCUT2D eigenvalue weighted by molar-refractivity contribution is -0.325. The van der Waals surface area contributed by atoms with Crippen LogP contribution in [0.2, 0.25) is 0 Å². The number of nitrogen functional groups attached to an aromatic ring is 1. The van der Waals surface area contributed by atoms with Gasteiger partial charge in [-0.3, -0.25) is 4.57 Å². The molecule has 0 aromatic carbocycles. The molecule has 0 spiro atoms. The number of halogens is 4. The Morgan fingerprint density at radius 3 is 2.69 bits per heavy atom. The highest BCUT2D eigenvalue weighted by molar-refractivity contribution is 5.82. The number of aromatic nitrogens is 4. The third-order valence-corrected chi connectivity index (χ3v) is 4.61. The van der Waals surface area contributed by atoms with Gasteiger partial charge in [0.05, 0.1) is 25.5 Å². The van der Waals surface area contributed by atoms with E-state index < -0.39 is 36.6 Å². The Morgan fingerprint density at radius 1 is 1.31 bits per heavy atom. The zero-order valence-corrected chi connectivity index (χ0v) is 13.3. The van der Waals surface area contributed by atoms with Crippen LogP contribution in [0.5, 0.6) is 6.01 Å². The minimum atomic E-state index is -4.30. The maximum atomic E-state index is 13.4. The number of rotatable bonds is 4. The number of fused-ring (bicyclic) bond motifs is 1. The van der Waals surface area contributed by atoms with Crippen molar-refractivity contribution in [1.82, 2.24) is 19.5 Å².